The van der Waals surface area contributed by atoms with Gasteiger partial charge in [0.25, 0.3) is 0 Å². The minimum absolute atomic E-state index is 0.560. The molecule has 7 atom stereocenters. The number of rotatable bonds is 6. The Morgan fingerprint density at radius 3 is 2.29 bits per heavy atom. The summed E-state index contributed by atoms with van der Waals surface area (Å²) in [6.45, 7) is 4.76. The maximum absolute atomic E-state index is 5.92. The second-order valence-electron chi connectivity index (χ2n) is 8.18. The first-order chi connectivity index (χ1) is 10.3. The lowest BCUT2D eigenvalue weighted by molar-refractivity contribution is -0.0439. The summed E-state index contributed by atoms with van der Waals surface area (Å²) in [6, 6.07) is 0. The highest BCUT2D eigenvalue weighted by molar-refractivity contribution is 5.01. The molecule has 0 saturated heterocycles. The molecule has 3 aliphatic rings. The van der Waals surface area contributed by atoms with E-state index < -0.39 is 0 Å². The van der Waals surface area contributed by atoms with E-state index in [0.717, 1.165) is 35.5 Å². The molecule has 3 rings (SSSR count). The molecule has 0 radical (unpaired) electrons. The Bertz CT molecular complexity index is 326. The largest absolute Gasteiger partial charge is 0.381 e. The Labute approximate surface area is 132 Å². The third-order valence-corrected chi connectivity index (χ3v) is 7.25. The normalized spacial score (nSPS) is 46.1. The van der Waals surface area contributed by atoms with Crippen molar-refractivity contribution in [2.75, 3.05) is 7.11 Å². The van der Waals surface area contributed by atoms with Gasteiger partial charge in [0.2, 0.25) is 0 Å². The van der Waals surface area contributed by atoms with Crippen molar-refractivity contribution in [2.24, 2.45) is 35.5 Å². The Morgan fingerprint density at radius 1 is 0.857 bits per heavy atom. The van der Waals surface area contributed by atoms with Crippen molar-refractivity contribution in [3.8, 4) is 0 Å². The Kier molecular flexibility index (Phi) is 5.30. The zero-order valence-electron chi connectivity index (χ0n) is 14.5. The van der Waals surface area contributed by atoms with E-state index in [-0.39, 0.29) is 0 Å². The van der Waals surface area contributed by atoms with Crippen LogP contribution in [0.5, 0.6) is 0 Å². The average molecular weight is 293 g/mol. The van der Waals surface area contributed by atoms with Gasteiger partial charge in [-0.2, -0.15) is 0 Å². The summed E-state index contributed by atoms with van der Waals surface area (Å²) >= 11 is 0. The molecule has 21 heavy (non-hydrogen) atoms. The van der Waals surface area contributed by atoms with E-state index in [4.69, 9.17) is 4.74 Å². The van der Waals surface area contributed by atoms with Gasteiger partial charge in [-0.05, 0) is 74.0 Å². The molecule has 0 heterocycles. The predicted molar refractivity (Wildman–Crippen MR) is 89.3 cm³/mol. The maximum Gasteiger partial charge on any atom is 0.0602 e. The zero-order valence-corrected chi connectivity index (χ0v) is 14.5. The van der Waals surface area contributed by atoms with Crippen molar-refractivity contribution in [1.29, 1.82) is 0 Å². The fourth-order valence-corrected chi connectivity index (χ4v) is 6.65. The Balaban J connectivity index is 1.78. The summed E-state index contributed by atoms with van der Waals surface area (Å²) in [4.78, 5) is 0. The van der Waals surface area contributed by atoms with E-state index >= 15 is 0 Å². The number of hydrogen-bond donors (Lipinski definition) is 0. The molecule has 1 heteroatoms. The molecule has 4 unspecified atom stereocenters. The predicted octanol–water partition coefficient (Wildman–Crippen LogP) is 5.68. The van der Waals surface area contributed by atoms with Crippen LogP contribution in [-0.2, 0) is 4.74 Å². The van der Waals surface area contributed by atoms with Crippen LogP contribution in [0, 0.1) is 35.5 Å². The second-order valence-corrected chi connectivity index (χ2v) is 8.18. The van der Waals surface area contributed by atoms with Crippen molar-refractivity contribution < 1.29 is 4.74 Å². The van der Waals surface area contributed by atoms with E-state index in [9.17, 15) is 0 Å². The smallest absolute Gasteiger partial charge is 0.0602 e. The van der Waals surface area contributed by atoms with Crippen LogP contribution in [0.1, 0.15) is 78.1 Å². The van der Waals surface area contributed by atoms with E-state index in [1.165, 1.54) is 44.9 Å². The molecule has 3 fully saturated rings. The van der Waals surface area contributed by atoms with Crippen LogP contribution in [0.3, 0.4) is 0 Å². The summed E-state index contributed by atoms with van der Waals surface area (Å²) in [6.07, 6.45) is 15.1. The summed E-state index contributed by atoms with van der Waals surface area (Å²) in [5.74, 6) is 6.12. The zero-order chi connectivity index (χ0) is 14.8. The average Bonchev–Trinajstić information content (AvgIpc) is 3.09. The van der Waals surface area contributed by atoms with E-state index in [1.54, 1.807) is 19.3 Å². The van der Waals surface area contributed by atoms with Gasteiger partial charge < -0.3 is 4.74 Å². The van der Waals surface area contributed by atoms with Gasteiger partial charge in [0.1, 0.15) is 0 Å². The quantitative estimate of drug-likeness (QED) is 0.612. The standard InChI is InChI=1S/C20H36O/c1-4-7-16-14-11-12-15(13-14)20(16)18-9-6-10-19(21-3)17(18)8-5-2/h14-20H,4-13H2,1-3H3/t14-,15+,16?,17?,18?,19-,20?/m0/s1. The van der Waals surface area contributed by atoms with Crippen molar-refractivity contribution in [1.82, 2.24) is 0 Å². The van der Waals surface area contributed by atoms with Crippen LogP contribution < -0.4 is 0 Å². The summed E-state index contributed by atoms with van der Waals surface area (Å²) in [7, 11) is 1.96. The van der Waals surface area contributed by atoms with Crippen molar-refractivity contribution in [2.45, 2.75) is 84.2 Å². The molecule has 0 N–H and O–H groups in total. The van der Waals surface area contributed by atoms with Crippen LogP contribution in [0.4, 0.5) is 0 Å². The molecule has 3 saturated carbocycles. The molecule has 0 spiro atoms. The number of ether oxygens (including phenoxy) is 1. The molecule has 1 nitrogen and oxygen atoms in total. The van der Waals surface area contributed by atoms with Gasteiger partial charge in [0.15, 0.2) is 0 Å². The van der Waals surface area contributed by atoms with Gasteiger partial charge in [0.05, 0.1) is 6.10 Å². The van der Waals surface area contributed by atoms with Crippen molar-refractivity contribution in [3.05, 3.63) is 0 Å². The number of hydrogen-bond acceptors (Lipinski definition) is 1. The Morgan fingerprint density at radius 2 is 1.57 bits per heavy atom. The fourth-order valence-electron chi connectivity index (χ4n) is 6.65. The van der Waals surface area contributed by atoms with Crippen LogP contribution >= 0.6 is 0 Å². The van der Waals surface area contributed by atoms with Gasteiger partial charge in [-0.3, -0.25) is 0 Å². The Hall–Kier alpha value is -0.0400. The highest BCUT2D eigenvalue weighted by Gasteiger charge is 2.52. The molecule has 0 aromatic rings. The lowest BCUT2D eigenvalue weighted by atomic mass is 9.61. The second kappa shape index (κ2) is 7.02. The molecule has 0 aromatic carbocycles. The first kappa shape index (κ1) is 15.8. The van der Waals surface area contributed by atoms with Crippen LogP contribution in [0.2, 0.25) is 0 Å². The van der Waals surface area contributed by atoms with Crippen LogP contribution in [0.25, 0.3) is 0 Å². The third kappa shape index (κ3) is 2.92. The molecule has 3 aliphatic carbocycles. The minimum Gasteiger partial charge on any atom is -0.381 e. The highest BCUT2D eigenvalue weighted by Crippen LogP contribution is 2.59. The van der Waals surface area contributed by atoms with Crippen molar-refractivity contribution in [3.63, 3.8) is 0 Å². The maximum atomic E-state index is 5.92. The van der Waals surface area contributed by atoms with Gasteiger partial charge in [0, 0.05) is 7.11 Å². The lowest BCUT2D eigenvalue weighted by Gasteiger charge is -2.46. The topological polar surface area (TPSA) is 9.23 Å². The molecular formula is C20H36O. The first-order valence-electron chi connectivity index (χ1n) is 9.82. The van der Waals surface area contributed by atoms with E-state index in [2.05, 4.69) is 13.8 Å². The van der Waals surface area contributed by atoms with E-state index in [1.807, 2.05) is 7.11 Å². The van der Waals surface area contributed by atoms with Gasteiger partial charge >= 0.3 is 0 Å². The highest BCUT2D eigenvalue weighted by atomic mass is 16.5. The molecule has 122 valence electrons. The van der Waals surface area contributed by atoms with Gasteiger partial charge in [-0.15, -0.1) is 0 Å². The van der Waals surface area contributed by atoms with E-state index in [0.29, 0.717) is 6.10 Å². The number of fused-ring (bicyclic) bond motifs is 2. The first-order valence-corrected chi connectivity index (χ1v) is 9.82. The molecule has 2 bridgehead atoms. The minimum atomic E-state index is 0.560. The monoisotopic (exact) mass is 292 g/mol. The summed E-state index contributed by atoms with van der Waals surface area (Å²) < 4.78 is 5.92. The SMILES string of the molecule is CCCC1C(C2CCC[C@H](OC)C2CCC)[C@@H]2CC[C@H]1C2. The van der Waals surface area contributed by atoms with Crippen LogP contribution in [-0.4, -0.2) is 13.2 Å². The summed E-state index contributed by atoms with van der Waals surface area (Å²) in [5.41, 5.74) is 0. The molecule has 0 aromatic heterocycles. The van der Waals surface area contributed by atoms with Gasteiger partial charge in [-0.1, -0.05) is 39.5 Å². The van der Waals surface area contributed by atoms with Crippen molar-refractivity contribution >= 4 is 0 Å². The van der Waals surface area contributed by atoms with Gasteiger partial charge in [-0.25, -0.2) is 0 Å². The molecular weight excluding hydrogens is 256 g/mol. The third-order valence-electron chi connectivity index (χ3n) is 7.25. The number of methoxy groups -OCH3 is 1. The fraction of sp³-hybridized carbons (Fsp3) is 1.00. The molecule has 0 aliphatic heterocycles. The summed E-state index contributed by atoms with van der Waals surface area (Å²) in [5, 5.41) is 0. The van der Waals surface area contributed by atoms with Crippen LogP contribution in [0.15, 0.2) is 0 Å². The molecule has 0 amide bonds. The lowest BCUT2D eigenvalue weighted by Crippen LogP contribution is -2.41.